The number of alkyl halides is 1. The average Bonchev–Trinajstić information content (AvgIpc) is 2.14. The molecule has 13 heavy (non-hydrogen) atoms. The van der Waals surface area contributed by atoms with Gasteiger partial charge in [0.1, 0.15) is 24.8 Å². The predicted molar refractivity (Wildman–Crippen MR) is 43.8 cm³/mol. The first kappa shape index (κ1) is 9.92. The summed E-state index contributed by atoms with van der Waals surface area (Å²) in [4.78, 5) is 0. The molecule has 2 nitrogen and oxygen atoms in total. The van der Waals surface area contributed by atoms with Crippen LogP contribution in [0, 0.1) is 5.82 Å². The fraction of sp³-hybridized carbons (Fsp3) is 0.333. The minimum absolute atomic E-state index is 0.103. The van der Waals surface area contributed by atoms with Crippen LogP contribution >= 0.6 is 0 Å². The van der Waals surface area contributed by atoms with Gasteiger partial charge in [-0.2, -0.15) is 0 Å². The summed E-state index contributed by atoms with van der Waals surface area (Å²) in [6.07, 6.45) is 0. The van der Waals surface area contributed by atoms with Crippen molar-refractivity contribution in [1.29, 1.82) is 0 Å². The Morgan fingerprint density at radius 1 is 1.31 bits per heavy atom. The molecule has 1 N–H and O–H groups in total. The highest BCUT2D eigenvalue weighted by Crippen LogP contribution is 2.16. The number of benzene rings is 1. The summed E-state index contributed by atoms with van der Waals surface area (Å²) in [5, 5.41) is 8.72. The smallest absolute Gasteiger partial charge is 0.127 e. The van der Waals surface area contributed by atoms with Gasteiger partial charge in [0.05, 0.1) is 6.61 Å². The van der Waals surface area contributed by atoms with Crippen molar-refractivity contribution in [3.63, 3.8) is 0 Å². The van der Waals surface area contributed by atoms with E-state index < -0.39 is 12.5 Å². The first-order valence-corrected chi connectivity index (χ1v) is 3.85. The van der Waals surface area contributed by atoms with Crippen LogP contribution in [-0.2, 0) is 6.61 Å². The Hall–Kier alpha value is -1.16. The summed E-state index contributed by atoms with van der Waals surface area (Å²) in [6.45, 7) is -0.983. The van der Waals surface area contributed by atoms with Gasteiger partial charge in [0.25, 0.3) is 0 Å². The minimum atomic E-state index is -0.620. The summed E-state index contributed by atoms with van der Waals surface area (Å²) in [7, 11) is 0. The van der Waals surface area contributed by atoms with Crippen LogP contribution in [0.5, 0.6) is 5.75 Å². The van der Waals surface area contributed by atoms with Crippen molar-refractivity contribution < 1.29 is 18.6 Å². The van der Waals surface area contributed by atoms with Crippen molar-refractivity contribution in [2.24, 2.45) is 0 Å². The molecule has 0 radical (unpaired) electrons. The van der Waals surface area contributed by atoms with E-state index in [1.807, 2.05) is 0 Å². The van der Waals surface area contributed by atoms with E-state index in [9.17, 15) is 8.78 Å². The Morgan fingerprint density at radius 2 is 2.08 bits per heavy atom. The van der Waals surface area contributed by atoms with Gasteiger partial charge >= 0.3 is 0 Å². The molecule has 0 aliphatic heterocycles. The zero-order valence-electron chi connectivity index (χ0n) is 6.96. The normalized spacial score (nSPS) is 10.1. The summed E-state index contributed by atoms with van der Waals surface area (Å²) in [5.41, 5.74) is 0.411. The molecule has 0 aliphatic rings. The maximum atomic E-state index is 12.8. The van der Waals surface area contributed by atoms with Crippen molar-refractivity contribution in [3.8, 4) is 5.75 Å². The van der Waals surface area contributed by atoms with E-state index in [2.05, 4.69) is 0 Å². The van der Waals surface area contributed by atoms with Gasteiger partial charge in [-0.1, -0.05) is 0 Å². The zero-order chi connectivity index (χ0) is 9.68. The summed E-state index contributed by atoms with van der Waals surface area (Å²) < 4.78 is 29.3. The van der Waals surface area contributed by atoms with Gasteiger partial charge in [0.2, 0.25) is 0 Å². The molecule has 1 aromatic rings. The molecule has 0 spiro atoms. The third-order valence-corrected chi connectivity index (χ3v) is 1.46. The van der Waals surface area contributed by atoms with Crippen LogP contribution in [0.2, 0.25) is 0 Å². The van der Waals surface area contributed by atoms with E-state index in [1.165, 1.54) is 12.1 Å². The number of aliphatic hydroxyl groups is 1. The van der Waals surface area contributed by atoms with Gasteiger partial charge in [0.15, 0.2) is 0 Å². The second-order valence-electron chi connectivity index (χ2n) is 2.49. The van der Waals surface area contributed by atoms with Crippen LogP contribution in [-0.4, -0.2) is 18.4 Å². The Labute approximate surface area is 74.8 Å². The first-order chi connectivity index (χ1) is 6.26. The average molecular weight is 188 g/mol. The molecule has 0 aliphatic carbocycles. The van der Waals surface area contributed by atoms with Crippen molar-refractivity contribution in [2.45, 2.75) is 6.61 Å². The molecule has 0 bridgehead atoms. The third-order valence-electron chi connectivity index (χ3n) is 1.46. The lowest BCUT2D eigenvalue weighted by atomic mass is 10.2. The van der Waals surface area contributed by atoms with E-state index in [1.54, 1.807) is 0 Å². The SMILES string of the molecule is OCc1cc(F)cc(OCCF)c1. The van der Waals surface area contributed by atoms with E-state index in [0.717, 1.165) is 6.07 Å². The van der Waals surface area contributed by atoms with Gasteiger partial charge in [0, 0.05) is 6.07 Å². The van der Waals surface area contributed by atoms with Gasteiger partial charge in [-0.3, -0.25) is 0 Å². The maximum Gasteiger partial charge on any atom is 0.127 e. The van der Waals surface area contributed by atoms with Gasteiger partial charge in [-0.15, -0.1) is 0 Å². The molecule has 0 saturated carbocycles. The number of rotatable bonds is 4. The molecule has 1 aromatic carbocycles. The van der Waals surface area contributed by atoms with Crippen molar-refractivity contribution in [2.75, 3.05) is 13.3 Å². The van der Waals surface area contributed by atoms with E-state index in [4.69, 9.17) is 9.84 Å². The number of hydrogen-bond donors (Lipinski definition) is 1. The fourth-order valence-electron chi connectivity index (χ4n) is 0.952. The number of hydrogen-bond acceptors (Lipinski definition) is 2. The zero-order valence-corrected chi connectivity index (χ0v) is 6.96. The molecule has 0 heterocycles. The first-order valence-electron chi connectivity index (χ1n) is 3.85. The monoisotopic (exact) mass is 188 g/mol. The Bertz CT molecular complexity index is 276. The van der Waals surface area contributed by atoms with Crippen molar-refractivity contribution in [1.82, 2.24) is 0 Å². The second kappa shape index (κ2) is 4.77. The number of ether oxygens (including phenoxy) is 1. The Balaban J connectivity index is 2.76. The summed E-state index contributed by atoms with van der Waals surface area (Å²) in [6, 6.07) is 3.82. The molecule has 72 valence electrons. The predicted octanol–water partition coefficient (Wildman–Crippen LogP) is 1.67. The van der Waals surface area contributed by atoms with Crippen LogP contribution < -0.4 is 4.74 Å². The minimum Gasteiger partial charge on any atom is -0.491 e. The fourth-order valence-corrected chi connectivity index (χ4v) is 0.952. The highest BCUT2D eigenvalue weighted by Gasteiger charge is 2.00. The molecule has 0 saturated heterocycles. The second-order valence-corrected chi connectivity index (χ2v) is 2.49. The van der Waals surface area contributed by atoms with Gasteiger partial charge < -0.3 is 9.84 Å². The highest BCUT2D eigenvalue weighted by molar-refractivity contribution is 5.29. The van der Waals surface area contributed by atoms with Crippen LogP contribution in [0.15, 0.2) is 18.2 Å². The lowest BCUT2D eigenvalue weighted by Gasteiger charge is -2.05. The van der Waals surface area contributed by atoms with Gasteiger partial charge in [-0.05, 0) is 17.7 Å². The Kier molecular flexibility index (Phi) is 3.64. The molecule has 0 unspecified atom stereocenters. The standard InChI is InChI=1S/C9H10F2O2/c10-1-2-13-9-4-7(6-12)3-8(11)5-9/h3-5,12H,1-2,6H2. The van der Waals surface area contributed by atoms with E-state index in [0.29, 0.717) is 5.56 Å². The van der Waals surface area contributed by atoms with Crippen molar-refractivity contribution >= 4 is 0 Å². The quantitative estimate of drug-likeness (QED) is 0.778. The molecule has 0 amide bonds. The Morgan fingerprint density at radius 3 is 2.69 bits per heavy atom. The molecule has 0 atom stereocenters. The van der Waals surface area contributed by atoms with Crippen LogP contribution in [0.25, 0.3) is 0 Å². The lowest BCUT2D eigenvalue weighted by molar-refractivity contribution is 0.266. The van der Waals surface area contributed by atoms with E-state index >= 15 is 0 Å². The largest absolute Gasteiger partial charge is 0.491 e. The van der Waals surface area contributed by atoms with Gasteiger partial charge in [-0.25, -0.2) is 8.78 Å². The molecule has 0 fully saturated rings. The molecule has 0 aromatic heterocycles. The van der Waals surface area contributed by atoms with E-state index in [-0.39, 0.29) is 19.0 Å². The molecular weight excluding hydrogens is 178 g/mol. The maximum absolute atomic E-state index is 12.8. The third kappa shape index (κ3) is 2.99. The highest BCUT2D eigenvalue weighted by atomic mass is 19.1. The lowest BCUT2D eigenvalue weighted by Crippen LogP contribution is -1.99. The van der Waals surface area contributed by atoms with Crippen LogP contribution in [0.1, 0.15) is 5.56 Å². The van der Waals surface area contributed by atoms with Crippen LogP contribution in [0.3, 0.4) is 0 Å². The summed E-state index contributed by atoms with van der Waals surface area (Å²) >= 11 is 0. The molecule has 1 rings (SSSR count). The number of aliphatic hydroxyl groups excluding tert-OH is 1. The molecular formula is C9H10F2O2. The van der Waals surface area contributed by atoms with Crippen LogP contribution in [0.4, 0.5) is 8.78 Å². The summed E-state index contributed by atoms with van der Waals surface area (Å²) in [5.74, 6) is -0.262. The molecule has 4 heteroatoms. The topological polar surface area (TPSA) is 29.5 Å². The number of halogens is 2. The van der Waals surface area contributed by atoms with Crippen molar-refractivity contribution in [3.05, 3.63) is 29.6 Å².